The van der Waals surface area contributed by atoms with Crippen LogP contribution in [0.25, 0.3) is 0 Å². The first-order chi connectivity index (χ1) is 11.0. The lowest BCUT2D eigenvalue weighted by atomic mass is 10.1. The van der Waals surface area contributed by atoms with Gasteiger partial charge in [-0.3, -0.25) is 0 Å². The Labute approximate surface area is 133 Å². The molecule has 7 nitrogen and oxygen atoms in total. The van der Waals surface area contributed by atoms with E-state index in [0.29, 0.717) is 19.8 Å². The summed E-state index contributed by atoms with van der Waals surface area (Å²) in [5.74, 6) is -0.539. The number of rotatable bonds is 4. The van der Waals surface area contributed by atoms with Gasteiger partial charge >= 0.3 is 0 Å². The maximum absolute atomic E-state index is 12.9. The van der Waals surface area contributed by atoms with Crippen molar-refractivity contribution >= 4 is 10.0 Å². The van der Waals surface area contributed by atoms with Crippen LogP contribution < -0.4 is 4.72 Å². The average molecular weight is 340 g/mol. The van der Waals surface area contributed by atoms with E-state index in [1.807, 2.05) is 6.92 Å². The summed E-state index contributed by atoms with van der Waals surface area (Å²) in [6, 6.07) is 4.71. The van der Waals surface area contributed by atoms with Crippen LogP contribution in [0, 0.1) is 18.7 Å². The summed E-state index contributed by atoms with van der Waals surface area (Å²) in [6.45, 7) is 3.44. The van der Waals surface area contributed by atoms with Crippen molar-refractivity contribution in [2.45, 2.75) is 25.0 Å². The van der Waals surface area contributed by atoms with Gasteiger partial charge in [0.2, 0.25) is 10.0 Å². The zero-order valence-electron chi connectivity index (χ0n) is 12.6. The number of benzene rings is 1. The van der Waals surface area contributed by atoms with Crippen molar-refractivity contribution in [1.82, 2.24) is 19.7 Å². The maximum atomic E-state index is 12.9. The molecule has 1 unspecified atom stereocenters. The third-order valence-corrected chi connectivity index (χ3v) is 5.18. The van der Waals surface area contributed by atoms with Crippen molar-refractivity contribution in [1.29, 1.82) is 0 Å². The van der Waals surface area contributed by atoms with E-state index in [9.17, 15) is 12.8 Å². The molecule has 1 aromatic carbocycles. The first-order valence-electron chi connectivity index (χ1n) is 7.17. The predicted molar refractivity (Wildman–Crippen MR) is 79.5 cm³/mol. The largest absolute Gasteiger partial charge is 0.375 e. The van der Waals surface area contributed by atoms with Crippen molar-refractivity contribution in [3.8, 4) is 0 Å². The summed E-state index contributed by atoms with van der Waals surface area (Å²) in [4.78, 5) is 0.0331. The van der Waals surface area contributed by atoms with Gasteiger partial charge in [-0.15, -0.1) is 5.10 Å². The molecule has 0 saturated heterocycles. The monoisotopic (exact) mass is 340 g/mol. The van der Waals surface area contributed by atoms with Crippen LogP contribution in [0.2, 0.25) is 0 Å². The third kappa shape index (κ3) is 3.57. The third-order valence-electron chi connectivity index (χ3n) is 3.74. The van der Waals surface area contributed by atoms with Gasteiger partial charge in [0.25, 0.3) is 0 Å². The second-order valence-corrected chi connectivity index (χ2v) is 7.26. The van der Waals surface area contributed by atoms with E-state index in [2.05, 4.69) is 15.0 Å². The topological polar surface area (TPSA) is 86.1 Å². The normalized spacial score (nSPS) is 18.4. The number of aryl methyl sites for hydroxylation is 1. The first-order valence-corrected chi connectivity index (χ1v) is 8.66. The number of nitrogens with zero attached hydrogens (tertiary/aromatic N) is 3. The molecule has 1 atom stereocenters. The van der Waals surface area contributed by atoms with Gasteiger partial charge in [-0.05, 0) is 31.2 Å². The molecule has 2 aromatic rings. The standard InChI is InChI=1S/C14H17FN4O3S/c1-10-14-9-22-8-11(7-19(14)18-17-10)6-16-23(20,21)13-4-2-12(15)3-5-13/h2-5,11,16H,6-9H2,1H3. The van der Waals surface area contributed by atoms with E-state index in [1.54, 1.807) is 4.68 Å². The van der Waals surface area contributed by atoms with E-state index in [1.165, 1.54) is 12.1 Å². The summed E-state index contributed by atoms with van der Waals surface area (Å²) in [5.41, 5.74) is 1.73. The van der Waals surface area contributed by atoms with Crippen LogP contribution in [0.4, 0.5) is 4.39 Å². The fourth-order valence-corrected chi connectivity index (χ4v) is 3.53. The molecule has 0 aliphatic carbocycles. The Hall–Kier alpha value is -1.84. The molecule has 2 heterocycles. The van der Waals surface area contributed by atoms with Crippen LogP contribution in [0.1, 0.15) is 11.4 Å². The number of sulfonamides is 1. The fourth-order valence-electron chi connectivity index (χ4n) is 2.41. The fraction of sp³-hybridized carbons (Fsp3) is 0.429. The lowest BCUT2D eigenvalue weighted by molar-refractivity contribution is 0.0954. The summed E-state index contributed by atoms with van der Waals surface area (Å²) in [6.07, 6.45) is 0. The van der Waals surface area contributed by atoms with Crippen LogP contribution in [0.15, 0.2) is 29.2 Å². The number of nitrogens with one attached hydrogen (secondary N) is 1. The van der Waals surface area contributed by atoms with Gasteiger partial charge in [0.15, 0.2) is 0 Å². The lowest BCUT2D eigenvalue weighted by Crippen LogP contribution is -2.33. The summed E-state index contributed by atoms with van der Waals surface area (Å²) >= 11 is 0. The van der Waals surface area contributed by atoms with Crippen LogP contribution >= 0.6 is 0 Å². The van der Waals surface area contributed by atoms with Crippen molar-refractivity contribution in [3.63, 3.8) is 0 Å². The SMILES string of the molecule is Cc1nnn2c1COCC(CNS(=O)(=O)c1ccc(F)cc1)C2. The van der Waals surface area contributed by atoms with Gasteiger partial charge in [-0.25, -0.2) is 22.2 Å². The molecule has 0 radical (unpaired) electrons. The second kappa shape index (κ2) is 6.34. The molecule has 1 N–H and O–H groups in total. The van der Waals surface area contributed by atoms with Crippen molar-refractivity contribution in [2.75, 3.05) is 13.2 Å². The smallest absolute Gasteiger partial charge is 0.240 e. The zero-order chi connectivity index (χ0) is 16.4. The van der Waals surface area contributed by atoms with E-state index in [-0.39, 0.29) is 17.4 Å². The van der Waals surface area contributed by atoms with E-state index in [0.717, 1.165) is 23.5 Å². The molecule has 0 fully saturated rings. The highest BCUT2D eigenvalue weighted by Crippen LogP contribution is 2.15. The Morgan fingerprint density at radius 3 is 2.87 bits per heavy atom. The van der Waals surface area contributed by atoms with Gasteiger partial charge in [-0.2, -0.15) is 0 Å². The number of halogens is 1. The first kappa shape index (κ1) is 16.0. The highest BCUT2D eigenvalue weighted by atomic mass is 32.2. The van der Waals surface area contributed by atoms with Gasteiger partial charge < -0.3 is 4.74 Å². The van der Waals surface area contributed by atoms with E-state index < -0.39 is 15.8 Å². The molecule has 0 bridgehead atoms. The average Bonchev–Trinajstić information content (AvgIpc) is 2.74. The van der Waals surface area contributed by atoms with Gasteiger partial charge in [0, 0.05) is 19.0 Å². The molecule has 1 aliphatic rings. The van der Waals surface area contributed by atoms with Crippen LogP contribution in [-0.4, -0.2) is 36.6 Å². The number of hydrogen-bond donors (Lipinski definition) is 1. The summed E-state index contributed by atoms with van der Waals surface area (Å²) in [7, 11) is -3.68. The second-order valence-electron chi connectivity index (χ2n) is 5.49. The molecule has 0 amide bonds. The van der Waals surface area contributed by atoms with Crippen molar-refractivity contribution in [3.05, 3.63) is 41.5 Å². The number of aromatic nitrogens is 3. The highest BCUT2D eigenvalue weighted by molar-refractivity contribution is 7.89. The highest BCUT2D eigenvalue weighted by Gasteiger charge is 2.22. The van der Waals surface area contributed by atoms with Gasteiger partial charge in [0.05, 0.1) is 29.5 Å². The van der Waals surface area contributed by atoms with Gasteiger partial charge in [-0.1, -0.05) is 5.21 Å². The van der Waals surface area contributed by atoms with Crippen LogP contribution in [0.5, 0.6) is 0 Å². The van der Waals surface area contributed by atoms with Crippen LogP contribution in [-0.2, 0) is 27.9 Å². The Morgan fingerprint density at radius 2 is 2.13 bits per heavy atom. The number of ether oxygens (including phenoxy) is 1. The summed E-state index contributed by atoms with van der Waals surface area (Å²) < 4.78 is 47.2. The lowest BCUT2D eigenvalue weighted by Gasteiger charge is -2.15. The Kier molecular flexibility index (Phi) is 4.42. The minimum absolute atomic E-state index is 0.0331. The molecule has 0 spiro atoms. The quantitative estimate of drug-likeness (QED) is 0.892. The van der Waals surface area contributed by atoms with Crippen molar-refractivity contribution in [2.24, 2.45) is 5.92 Å². The van der Waals surface area contributed by atoms with Crippen LogP contribution in [0.3, 0.4) is 0 Å². The molecule has 9 heteroatoms. The molecule has 124 valence electrons. The summed E-state index contributed by atoms with van der Waals surface area (Å²) in [5, 5.41) is 8.04. The minimum atomic E-state index is -3.68. The van der Waals surface area contributed by atoms with Crippen molar-refractivity contribution < 1.29 is 17.5 Å². The molecule has 1 aromatic heterocycles. The molecular formula is C14H17FN4O3S. The van der Waals surface area contributed by atoms with E-state index in [4.69, 9.17) is 4.74 Å². The Morgan fingerprint density at radius 1 is 1.39 bits per heavy atom. The molecular weight excluding hydrogens is 323 g/mol. The zero-order valence-corrected chi connectivity index (χ0v) is 13.4. The predicted octanol–water partition coefficient (Wildman–Crippen LogP) is 0.851. The Balaban J connectivity index is 1.67. The molecule has 1 aliphatic heterocycles. The molecule has 3 rings (SSSR count). The van der Waals surface area contributed by atoms with Gasteiger partial charge in [0.1, 0.15) is 5.82 Å². The molecule has 23 heavy (non-hydrogen) atoms. The van der Waals surface area contributed by atoms with E-state index >= 15 is 0 Å². The minimum Gasteiger partial charge on any atom is -0.375 e. The maximum Gasteiger partial charge on any atom is 0.240 e. The number of fused-ring (bicyclic) bond motifs is 1. The Bertz CT molecular complexity index is 789. The molecule has 0 saturated carbocycles. The number of hydrogen-bond acceptors (Lipinski definition) is 5.